The quantitative estimate of drug-likeness (QED) is 0.452. The van der Waals surface area contributed by atoms with E-state index < -0.39 is 5.41 Å². The second-order valence-corrected chi connectivity index (χ2v) is 8.15. The molecule has 0 heterocycles. The van der Waals surface area contributed by atoms with Gasteiger partial charge in [0.25, 0.3) is 0 Å². The molecular weight excluding hydrogens is 388 g/mol. The average molecular weight is 425 g/mol. The van der Waals surface area contributed by atoms with Crippen molar-refractivity contribution >= 4 is 0 Å². The van der Waals surface area contributed by atoms with Crippen LogP contribution in [0.15, 0.2) is 42.5 Å². The van der Waals surface area contributed by atoms with E-state index in [9.17, 15) is 5.26 Å². The van der Waals surface area contributed by atoms with Gasteiger partial charge in [-0.3, -0.25) is 0 Å². The van der Waals surface area contributed by atoms with Crippen LogP contribution in [0.5, 0.6) is 17.2 Å². The molecule has 31 heavy (non-hydrogen) atoms. The first-order chi connectivity index (χ1) is 15.0. The monoisotopic (exact) mass is 424 g/mol. The molecule has 1 N–H and O–H groups in total. The summed E-state index contributed by atoms with van der Waals surface area (Å²) in [4.78, 5) is 0. The molecule has 0 aliphatic heterocycles. The molecule has 0 aliphatic rings. The van der Waals surface area contributed by atoms with Crippen LogP contribution in [-0.4, -0.2) is 34.4 Å². The van der Waals surface area contributed by atoms with Crippen molar-refractivity contribution in [2.24, 2.45) is 5.92 Å². The highest BCUT2D eigenvalue weighted by Crippen LogP contribution is 2.37. The van der Waals surface area contributed by atoms with Crippen molar-refractivity contribution in [3.63, 3.8) is 0 Å². The van der Waals surface area contributed by atoms with E-state index in [1.807, 2.05) is 30.3 Å². The summed E-state index contributed by atoms with van der Waals surface area (Å²) in [7, 11) is 5.00. The van der Waals surface area contributed by atoms with Crippen molar-refractivity contribution in [3.8, 4) is 23.3 Å². The zero-order valence-corrected chi connectivity index (χ0v) is 19.5. The predicted octanol–water partition coefficient (Wildman–Crippen LogP) is 5.13. The number of methoxy groups -OCH3 is 3. The molecule has 2 rings (SSSR count). The van der Waals surface area contributed by atoms with Crippen molar-refractivity contribution in [2.75, 3.05) is 34.4 Å². The number of nitrogens with zero attached hydrogens (tertiary/aromatic N) is 1. The number of aryl methyl sites for hydroxylation is 1. The third-order valence-corrected chi connectivity index (χ3v) is 5.92. The van der Waals surface area contributed by atoms with Crippen LogP contribution in [0, 0.1) is 17.2 Å². The van der Waals surface area contributed by atoms with Crippen molar-refractivity contribution < 1.29 is 14.2 Å². The first-order valence-corrected chi connectivity index (χ1v) is 11.0. The normalized spacial score (nSPS) is 12.8. The molecule has 5 nitrogen and oxygen atoms in total. The van der Waals surface area contributed by atoms with E-state index in [2.05, 4.69) is 37.4 Å². The number of hydrogen-bond acceptors (Lipinski definition) is 5. The number of nitriles is 1. The second-order valence-electron chi connectivity index (χ2n) is 8.15. The first kappa shape index (κ1) is 24.6. The summed E-state index contributed by atoms with van der Waals surface area (Å²) < 4.78 is 16.1. The van der Waals surface area contributed by atoms with Gasteiger partial charge in [-0.15, -0.1) is 0 Å². The zero-order valence-electron chi connectivity index (χ0n) is 19.5. The van der Waals surface area contributed by atoms with Gasteiger partial charge >= 0.3 is 0 Å². The Bertz CT molecular complexity index is 838. The topological polar surface area (TPSA) is 63.5 Å². The number of hydrogen-bond donors (Lipinski definition) is 1. The van der Waals surface area contributed by atoms with E-state index in [1.165, 1.54) is 5.56 Å². The fourth-order valence-electron chi connectivity index (χ4n) is 3.96. The molecule has 0 saturated heterocycles. The first-order valence-electron chi connectivity index (χ1n) is 11.0. The maximum atomic E-state index is 10.1. The van der Waals surface area contributed by atoms with Crippen LogP contribution >= 0.6 is 0 Å². The molecular formula is C26H36N2O3. The molecule has 0 radical (unpaired) electrons. The summed E-state index contributed by atoms with van der Waals surface area (Å²) in [6.45, 7) is 6.07. The van der Waals surface area contributed by atoms with Gasteiger partial charge in [-0.1, -0.05) is 26.0 Å². The number of nitrogens with one attached hydrogen (secondary N) is 1. The van der Waals surface area contributed by atoms with Gasteiger partial charge in [0.1, 0.15) is 17.2 Å². The Balaban J connectivity index is 1.84. The highest BCUT2D eigenvalue weighted by atomic mass is 16.5. The predicted molar refractivity (Wildman–Crippen MR) is 125 cm³/mol. The largest absolute Gasteiger partial charge is 0.497 e. The molecule has 2 aromatic carbocycles. The standard InChI is InChI=1S/C26H36N2O3/c1-20(2)26(19-27,22-10-6-11-23(17-22)29-3)12-8-14-28-13-7-9-21-15-24(30-4)18-25(16-21)31-5/h6,10-11,15-18,20,28H,7-9,12-14H2,1-5H3/t26-/m0/s1. The van der Waals surface area contributed by atoms with E-state index in [4.69, 9.17) is 14.2 Å². The summed E-state index contributed by atoms with van der Waals surface area (Å²) in [6, 6.07) is 16.6. The minimum Gasteiger partial charge on any atom is -0.497 e. The Hall–Kier alpha value is -2.71. The molecule has 0 amide bonds. The van der Waals surface area contributed by atoms with E-state index in [1.54, 1.807) is 21.3 Å². The molecule has 0 spiro atoms. The van der Waals surface area contributed by atoms with E-state index >= 15 is 0 Å². The SMILES string of the molecule is COc1cc(CCCNCCC[C@@](C#N)(c2cccc(OC)c2)C(C)C)cc(OC)c1. The lowest BCUT2D eigenvalue weighted by Crippen LogP contribution is -2.32. The van der Waals surface area contributed by atoms with Gasteiger partial charge in [-0.05, 0) is 80.1 Å². The molecule has 0 bridgehead atoms. The highest BCUT2D eigenvalue weighted by molar-refractivity contribution is 5.39. The van der Waals surface area contributed by atoms with Gasteiger partial charge in [0.15, 0.2) is 0 Å². The fraction of sp³-hybridized carbons (Fsp3) is 0.500. The molecule has 2 aromatic rings. The molecule has 0 unspecified atom stereocenters. The minimum absolute atomic E-state index is 0.215. The molecule has 0 fully saturated rings. The Kier molecular flexibility index (Phi) is 9.68. The summed E-state index contributed by atoms with van der Waals surface area (Å²) >= 11 is 0. The maximum absolute atomic E-state index is 10.1. The lowest BCUT2D eigenvalue weighted by molar-refractivity contribution is 0.353. The van der Waals surface area contributed by atoms with Crippen LogP contribution in [0.25, 0.3) is 0 Å². The summed E-state index contributed by atoms with van der Waals surface area (Å²) in [5, 5.41) is 13.6. The van der Waals surface area contributed by atoms with Crippen molar-refractivity contribution in [3.05, 3.63) is 53.6 Å². The van der Waals surface area contributed by atoms with Crippen molar-refractivity contribution in [1.29, 1.82) is 5.26 Å². The summed E-state index contributed by atoms with van der Waals surface area (Å²) in [6.07, 6.45) is 3.74. The van der Waals surface area contributed by atoms with Gasteiger partial charge in [0.2, 0.25) is 0 Å². The maximum Gasteiger partial charge on any atom is 0.122 e. The summed E-state index contributed by atoms with van der Waals surface area (Å²) in [5.41, 5.74) is 1.74. The van der Waals surface area contributed by atoms with E-state index in [0.29, 0.717) is 0 Å². The van der Waals surface area contributed by atoms with Crippen molar-refractivity contribution in [2.45, 2.75) is 44.9 Å². The molecule has 5 heteroatoms. The molecule has 0 saturated carbocycles. The lowest BCUT2D eigenvalue weighted by Gasteiger charge is -2.31. The van der Waals surface area contributed by atoms with Crippen LogP contribution in [-0.2, 0) is 11.8 Å². The Morgan fingerprint density at radius 3 is 2.13 bits per heavy atom. The van der Waals surface area contributed by atoms with Gasteiger partial charge in [-0.2, -0.15) is 5.26 Å². The smallest absolute Gasteiger partial charge is 0.122 e. The van der Waals surface area contributed by atoms with E-state index in [-0.39, 0.29) is 5.92 Å². The molecule has 168 valence electrons. The molecule has 1 atom stereocenters. The average Bonchev–Trinajstić information content (AvgIpc) is 2.80. The zero-order chi connectivity index (χ0) is 22.7. The lowest BCUT2D eigenvalue weighted by atomic mass is 9.70. The van der Waals surface area contributed by atoms with E-state index in [0.717, 1.165) is 61.6 Å². The fourth-order valence-corrected chi connectivity index (χ4v) is 3.96. The minimum atomic E-state index is -0.507. The Morgan fingerprint density at radius 1 is 0.903 bits per heavy atom. The van der Waals surface area contributed by atoms with Crippen LogP contribution in [0.1, 0.15) is 44.2 Å². The highest BCUT2D eigenvalue weighted by Gasteiger charge is 2.35. The van der Waals surface area contributed by atoms with Crippen molar-refractivity contribution in [1.82, 2.24) is 5.32 Å². The second kappa shape index (κ2) is 12.2. The number of rotatable bonds is 13. The molecule has 0 aliphatic carbocycles. The van der Waals surface area contributed by atoms with Gasteiger partial charge in [-0.25, -0.2) is 0 Å². The van der Waals surface area contributed by atoms with Gasteiger partial charge in [0.05, 0.1) is 32.8 Å². The van der Waals surface area contributed by atoms with Gasteiger partial charge < -0.3 is 19.5 Å². The Labute approximate surface area is 187 Å². The third kappa shape index (κ3) is 6.63. The third-order valence-electron chi connectivity index (χ3n) is 5.92. The summed E-state index contributed by atoms with van der Waals surface area (Å²) in [5.74, 6) is 2.65. The van der Waals surface area contributed by atoms with Gasteiger partial charge in [0, 0.05) is 6.07 Å². The molecule has 0 aromatic heterocycles. The number of ether oxygens (including phenoxy) is 3. The Morgan fingerprint density at radius 2 is 1.55 bits per heavy atom. The van der Waals surface area contributed by atoms with Crippen LogP contribution < -0.4 is 19.5 Å². The van der Waals surface area contributed by atoms with Crippen LogP contribution in [0.3, 0.4) is 0 Å². The van der Waals surface area contributed by atoms with Crippen LogP contribution in [0.2, 0.25) is 0 Å². The number of benzene rings is 2. The van der Waals surface area contributed by atoms with Crippen LogP contribution in [0.4, 0.5) is 0 Å².